The molecule has 1 saturated carbocycles. The molecule has 0 aliphatic heterocycles. The van der Waals surface area contributed by atoms with Crippen LogP contribution in [-0.4, -0.2) is 33.2 Å². The summed E-state index contributed by atoms with van der Waals surface area (Å²) in [4.78, 5) is 35.5. The molecule has 1 fully saturated rings. The molecule has 0 amide bonds. The molecule has 1 aliphatic rings. The highest BCUT2D eigenvalue weighted by Crippen LogP contribution is 2.51. The number of hydrogen-bond acceptors (Lipinski definition) is 3. The largest absolute Gasteiger partial charge is 0.481 e. The second-order valence-electron chi connectivity index (χ2n) is 7.43. The van der Waals surface area contributed by atoms with Crippen molar-refractivity contribution in [2.24, 2.45) is 23.2 Å². The van der Waals surface area contributed by atoms with Gasteiger partial charge in [0.05, 0.1) is 11.3 Å². The molecule has 0 aromatic rings. The Kier molecular flexibility index (Phi) is 8.39. The van der Waals surface area contributed by atoms with Gasteiger partial charge in [-0.2, -0.15) is 0 Å². The molecule has 6 nitrogen and oxygen atoms in total. The van der Waals surface area contributed by atoms with Gasteiger partial charge in [0.15, 0.2) is 0 Å². The highest BCUT2D eigenvalue weighted by Gasteiger charge is 2.56. The summed E-state index contributed by atoms with van der Waals surface area (Å²) in [5.74, 6) is -4.73. The van der Waals surface area contributed by atoms with Gasteiger partial charge in [-0.05, 0) is 31.1 Å². The molecule has 4 unspecified atom stereocenters. The van der Waals surface area contributed by atoms with Crippen molar-refractivity contribution in [3.05, 3.63) is 0 Å². The summed E-state index contributed by atoms with van der Waals surface area (Å²) in [6, 6.07) is 0. The summed E-state index contributed by atoms with van der Waals surface area (Å²) in [6.45, 7) is 4.11. The fourth-order valence-corrected chi connectivity index (χ4v) is 4.53. The van der Waals surface area contributed by atoms with Gasteiger partial charge in [-0.1, -0.05) is 52.4 Å². The van der Waals surface area contributed by atoms with Gasteiger partial charge in [-0.3, -0.25) is 14.4 Å². The standard InChI is InChI=1S/C19H32O6/c1-3-5-8-13(4-2)11-14(12-16(20)21)19(18(24)25)10-7-6-9-15(19)17(22)23/h13-15H,3-12H2,1-2H3,(H,20,21)(H,22,23)(H,24,25). The van der Waals surface area contributed by atoms with Crippen molar-refractivity contribution in [3.63, 3.8) is 0 Å². The topological polar surface area (TPSA) is 112 Å². The molecule has 0 aromatic carbocycles. The summed E-state index contributed by atoms with van der Waals surface area (Å²) in [6.07, 6.45) is 5.89. The van der Waals surface area contributed by atoms with Gasteiger partial charge in [0.1, 0.15) is 0 Å². The van der Waals surface area contributed by atoms with Crippen molar-refractivity contribution in [1.29, 1.82) is 0 Å². The molecule has 25 heavy (non-hydrogen) atoms. The molecule has 0 bridgehead atoms. The third kappa shape index (κ3) is 5.19. The molecule has 6 heteroatoms. The zero-order valence-electron chi connectivity index (χ0n) is 15.4. The van der Waals surface area contributed by atoms with Crippen LogP contribution in [0.2, 0.25) is 0 Å². The van der Waals surface area contributed by atoms with Crippen LogP contribution in [0.4, 0.5) is 0 Å². The summed E-state index contributed by atoms with van der Waals surface area (Å²) in [5, 5.41) is 29.0. The van der Waals surface area contributed by atoms with Gasteiger partial charge >= 0.3 is 17.9 Å². The first-order chi connectivity index (χ1) is 11.8. The van der Waals surface area contributed by atoms with Crippen molar-refractivity contribution in [2.45, 2.75) is 78.1 Å². The lowest BCUT2D eigenvalue weighted by atomic mass is 9.57. The van der Waals surface area contributed by atoms with E-state index in [1.807, 2.05) is 6.92 Å². The Hall–Kier alpha value is -1.59. The Morgan fingerprint density at radius 3 is 2.28 bits per heavy atom. The van der Waals surface area contributed by atoms with Crippen LogP contribution in [0.15, 0.2) is 0 Å². The zero-order valence-corrected chi connectivity index (χ0v) is 15.4. The van der Waals surface area contributed by atoms with Crippen LogP contribution in [-0.2, 0) is 14.4 Å². The van der Waals surface area contributed by atoms with E-state index in [-0.39, 0.29) is 18.8 Å². The van der Waals surface area contributed by atoms with Gasteiger partial charge in [0, 0.05) is 6.42 Å². The van der Waals surface area contributed by atoms with Crippen LogP contribution in [0.25, 0.3) is 0 Å². The normalized spacial score (nSPS) is 25.9. The van der Waals surface area contributed by atoms with E-state index in [4.69, 9.17) is 0 Å². The van der Waals surface area contributed by atoms with E-state index in [2.05, 4.69) is 6.92 Å². The Bertz CT molecular complexity index is 475. The number of aliphatic carboxylic acids is 3. The summed E-state index contributed by atoms with van der Waals surface area (Å²) in [5.41, 5.74) is -1.47. The third-order valence-electron chi connectivity index (χ3n) is 5.96. The molecular weight excluding hydrogens is 324 g/mol. The molecule has 144 valence electrons. The van der Waals surface area contributed by atoms with Crippen molar-refractivity contribution < 1.29 is 29.7 Å². The fraction of sp³-hybridized carbons (Fsp3) is 0.842. The third-order valence-corrected chi connectivity index (χ3v) is 5.96. The Morgan fingerprint density at radius 1 is 1.12 bits per heavy atom. The van der Waals surface area contributed by atoms with E-state index >= 15 is 0 Å². The van der Waals surface area contributed by atoms with Gasteiger partial charge < -0.3 is 15.3 Å². The van der Waals surface area contributed by atoms with Crippen molar-refractivity contribution in [2.75, 3.05) is 0 Å². The summed E-state index contributed by atoms with van der Waals surface area (Å²) >= 11 is 0. The van der Waals surface area contributed by atoms with E-state index in [9.17, 15) is 29.7 Å². The molecular formula is C19H32O6. The molecule has 0 aromatic heterocycles. The first-order valence-corrected chi connectivity index (χ1v) is 9.47. The first kappa shape index (κ1) is 21.5. The zero-order chi connectivity index (χ0) is 19.0. The highest BCUT2D eigenvalue weighted by atomic mass is 16.4. The van der Waals surface area contributed by atoms with Gasteiger partial charge in [0.25, 0.3) is 0 Å². The Labute approximate surface area is 149 Å². The van der Waals surface area contributed by atoms with E-state index in [1.165, 1.54) is 0 Å². The van der Waals surface area contributed by atoms with Gasteiger partial charge in [-0.15, -0.1) is 0 Å². The monoisotopic (exact) mass is 356 g/mol. The molecule has 1 aliphatic carbocycles. The van der Waals surface area contributed by atoms with E-state index in [0.29, 0.717) is 25.7 Å². The lowest BCUT2D eigenvalue weighted by Crippen LogP contribution is -2.51. The van der Waals surface area contributed by atoms with Crippen molar-refractivity contribution >= 4 is 17.9 Å². The number of carbonyl (C=O) groups is 3. The van der Waals surface area contributed by atoms with Crippen LogP contribution >= 0.6 is 0 Å². The minimum Gasteiger partial charge on any atom is -0.481 e. The maximum Gasteiger partial charge on any atom is 0.310 e. The van der Waals surface area contributed by atoms with Crippen LogP contribution in [0.1, 0.15) is 78.1 Å². The maximum atomic E-state index is 12.2. The van der Waals surface area contributed by atoms with Gasteiger partial charge in [-0.25, -0.2) is 0 Å². The maximum absolute atomic E-state index is 12.2. The van der Waals surface area contributed by atoms with E-state index in [0.717, 1.165) is 25.7 Å². The number of carboxylic acids is 3. The molecule has 0 spiro atoms. The Morgan fingerprint density at radius 2 is 1.80 bits per heavy atom. The predicted octanol–water partition coefficient (Wildman–Crippen LogP) is 4.03. The smallest absolute Gasteiger partial charge is 0.310 e. The van der Waals surface area contributed by atoms with E-state index in [1.54, 1.807) is 0 Å². The lowest BCUT2D eigenvalue weighted by molar-refractivity contribution is -0.174. The molecule has 0 radical (unpaired) electrons. The minimum atomic E-state index is -1.47. The minimum absolute atomic E-state index is 0.233. The highest BCUT2D eigenvalue weighted by molar-refractivity contribution is 5.84. The number of carboxylic acid groups (broad SMARTS) is 3. The Balaban J connectivity index is 3.22. The quantitative estimate of drug-likeness (QED) is 0.515. The van der Waals surface area contributed by atoms with Crippen LogP contribution in [0.5, 0.6) is 0 Å². The van der Waals surface area contributed by atoms with Crippen LogP contribution < -0.4 is 0 Å². The average molecular weight is 356 g/mol. The number of hydrogen-bond donors (Lipinski definition) is 3. The van der Waals surface area contributed by atoms with E-state index < -0.39 is 35.2 Å². The summed E-state index contributed by atoms with van der Waals surface area (Å²) in [7, 11) is 0. The fourth-order valence-electron chi connectivity index (χ4n) is 4.53. The molecule has 1 rings (SSSR count). The summed E-state index contributed by atoms with van der Waals surface area (Å²) < 4.78 is 0. The van der Waals surface area contributed by atoms with Crippen molar-refractivity contribution in [3.8, 4) is 0 Å². The lowest BCUT2D eigenvalue weighted by Gasteiger charge is -2.44. The van der Waals surface area contributed by atoms with Gasteiger partial charge in [0.2, 0.25) is 0 Å². The first-order valence-electron chi connectivity index (χ1n) is 9.47. The number of unbranched alkanes of at least 4 members (excludes halogenated alkanes) is 1. The van der Waals surface area contributed by atoms with Crippen molar-refractivity contribution in [1.82, 2.24) is 0 Å². The molecule has 3 N–H and O–H groups in total. The second kappa shape index (κ2) is 9.78. The number of rotatable bonds is 11. The average Bonchev–Trinajstić information content (AvgIpc) is 2.56. The molecule has 4 atom stereocenters. The second-order valence-corrected chi connectivity index (χ2v) is 7.43. The van der Waals surface area contributed by atoms with Crippen LogP contribution in [0, 0.1) is 23.2 Å². The molecule has 0 heterocycles. The molecule has 0 saturated heterocycles. The predicted molar refractivity (Wildman–Crippen MR) is 93.3 cm³/mol. The SMILES string of the molecule is CCCCC(CC)CC(CC(=O)O)C1(C(=O)O)CCCCC1C(=O)O. The van der Waals surface area contributed by atoms with Crippen LogP contribution in [0.3, 0.4) is 0 Å².